The number of carbonyl (C=O) groups excluding carboxylic acids is 1. The first-order valence-corrected chi connectivity index (χ1v) is 13.2. The van der Waals surface area contributed by atoms with Crippen molar-refractivity contribution in [1.29, 1.82) is 0 Å². The van der Waals surface area contributed by atoms with Crippen LogP contribution in [0.2, 0.25) is 0 Å². The van der Waals surface area contributed by atoms with E-state index < -0.39 is 6.04 Å². The van der Waals surface area contributed by atoms with Crippen LogP contribution in [0.1, 0.15) is 24.3 Å². The highest BCUT2D eigenvalue weighted by Gasteiger charge is 2.32. The van der Waals surface area contributed by atoms with Gasteiger partial charge in [-0.25, -0.2) is 4.99 Å². The maximum atomic E-state index is 13.7. The van der Waals surface area contributed by atoms with Gasteiger partial charge in [0.15, 0.2) is 9.47 Å². The van der Waals surface area contributed by atoms with Crippen LogP contribution in [0.15, 0.2) is 95.3 Å². The molecule has 0 radical (unpaired) electrons. The molecule has 5 rings (SSSR count). The number of thiazole rings is 1. The van der Waals surface area contributed by atoms with Crippen molar-refractivity contribution in [3.8, 4) is 5.75 Å². The Morgan fingerprint density at radius 2 is 1.89 bits per heavy atom. The van der Waals surface area contributed by atoms with Crippen molar-refractivity contribution in [1.82, 2.24) is 4.57 Å². The topological polar surface area (TPSA) is 85.8 Å². The smallest absolute Gasteiger partial charge is 0.271 e. The van der Waals surface area contributed by atoms with Gasteiger partial charge in [-0.1, -0.05) is 41.7 Å². The number of nitrogens with one attached hydrogen (secondary N) is 1. The first-order chi connectivity index (χ1) is 17.4. The number of benzene rings is 2. The highest BCUT2D eigenvalue weighted by molar-refractivity contribution is 9.13. The number of para-hydroxylation sites is 1. The second kappa shape index (κ2) is 10.0. The third-order valence-corrected chi connectivity index (χ3v) is 8.36. The number of methoxy groups -OCH3 is 1. The molecule has 1 amide bonds. The zero-order valence-corrected chi connectivity index (χ0v) is 23.1. The Bertz CT molecular complexity index is 1650. The summed E-state index contributed by atoms with van der Waals surface area (Å²) < 4.78 is 14.2. The summed E-state index contributed by atoms with van der Waals surface area (Å²) in [4.78, 5) is 32.4. The summed E-state index contributed by atoms with van der Waals surface area (Å²) in [5.41, 5.74) is 2.09. The Labute approximate surface area is 226 Å². The molecule has 1 aliphatic rings. The summed E-state index contributed by atoms with van der Waals surface area (Å²) in [5, 5.41) is 2.94. The molecule has 0 saturated carbocycles. The van der Waals surface area contributed by atoms with Crippen molar-refractivity contribution in [3.63, 3.8) is 0 Å². The third kappa shape index (κ3) is 4.63. The number of ether oxygens (including phenoxy) is 1. The number of halogens is 2. The number of fused-ring (bicyclic) bond motifs is 1. The maximum Gasteiger partial charge on any atom is 0.271 e. The number of amides is 1. The fourth-order valence-electron chi connectivity index (χ4n) is 4.00. The van der Waals surface area contributed by atoms with E-state index in [1.54, 1.807) is 30.7 Å². The summed E-state index contributed by atoms with van der Waals surface area (Å²) >= 11 is 7.96. The predicted molar refractivity (Wildman–Crippen MR) is 146 cm³/mol. The number of nitrogens with zero attached hydrogens (tertiary/aromatic N) is 2. The first kappa shape index (κ1) is 24.5. The second-order valence-electron chi connectivity index (χ2n) is 7.95. The number of rotatable bonds is 5. The molecule has 1 aliphatic heterocycles. The number of carbonyl (C=O) groups is 1. The number of furan rings is 1. The van der Waals surface area contributed by atoms with E-state index in [4.69, 9.17) is 9.15 Å². The normalized spacial score (nSPS) is 15.4. The molecular formula is C26H19Br2N3O4S. The quantitative estimate of drug-likeness (QED) is 0.337. The zero-order valence-electron chi connectivity index (χ0n) is 19.1. The molecule has 0 spiro atoms. The van der Waals surface area contributed by atoms with Gasteiger partial charge in [-0.3, -0.25) is 14.2 Å². The average molecular weight is 629 g/mol. The molecule has 1 N–H and O–H groups in total. The molecule has 0 unspecified atom stereocenters. The predicted octanol–water partition coefficient (Wildman–Crippen LogP) is 5.00. The highest BCUT2D eigenvalue weighted by atomic mass is 79.9. The summed E-state index contributed by atoms with van der Waals surface area (Å²) in [7, 11) is 1.59. The van der Waals surface area contributed by atoms with Crippen LogP contribution >= 0.6 is 43.2 Å². The summed E-state index contributed by atoms with van der Waals surface area (Å²) in [6.45, 7) is 1.79. The first-order valence-electron chi connectivity index (χ1n) is 10.8. The lowest BCUT2D eigenvalue weighted by Gasteiger charge is -2.25. The van der Waals surface area contributed by atoms with E-state index in [9.17, 15) is 9.59 Å². The molecule has 182 valence electrons. The van der Waals surface area contributed by atoms with Crippen LogP contribution in [0.4, 0.5) is 5.69 Å². The number of anilines is 1. The molecule has 0 bridgehead atoms. The SMILES string of the molecule is COc1ccc([C@@H]2C(C(=O)Nc3ccccc3)=C(C)N=c3sc(=Cc4cc(Br)c(Br)o4)c(=O)n32)cc1. The monoisotopic (exact) mass is 627 g/mol. The molecule has 3 heterocycles. The van der Waals surface area contributed by atoms with E-state index in [1.807, 2.05) is 54.6 Å². The highest BCUT2D eigenvalue weighted by Crippen LogP contribution is 2.32. The van der Waals surface area contributed by atoms with Gasteiger partial charge in [0, 0.05) is 11.8 Å². The minimum atomic E-state index is -0.673. The molecule has 0 aliphatic carbocycles. The largest absolute Gasteiger partial charge is 0.497 e. The van der Waals surface area contributed by atoms with Crippen LogP contribution in [0, 0.1) is 0 Å². The van der Waals surface area contributed by atoms with Crippen LogP contribution in [0.25, 0.3) is 6.08 Å². The third-order valence-electron chi connectivity index (χ3n) is 5.67. The maximum absolute atomic E-state index is 13.7. The van der Waals surface area contributed by atoms with Gasteiger partial charge in [0.05, 0.1) is 33.4 Å². The van der Waals surface area contributed by atoms with Gasteiger partial charge in [0.2, 0.25) is 0 Å². The van der Waals surface area contributed by atoms with Gasteiger partial charge in [0.25, 0.3) is 11.5 Å². The van der Waals surface area contributed by atoms with Crippen molar-refractivity contribution in [2.24, 2.45) is 4.99 Å². The van der Waals surface area contributed by atoms with Crippen LogP contribution < -0.4 is 24.9 Å². The Hall–Kier alpha value is -3.21. The van der Waals surface area contributed by atoms with Crippen molar-refractivity contribution >= 4 is 60.9 Å². The minimum absolute atomic E-state index is 0.263. The lowest BCUT2D eigenvalue weighted by Crippen LogP contribution is -2.40. The van der Waals surface area contributed by atoms with E-state index in [2.05, 4.69) is 42.2 Å². The fourth-order valence-corrected chi connectivity index (χ4v) is 5.63. The van der Waals surface area contributed by atoms with Crippen LogP contribution in [-0.4, -0.2) is 17.6 Å². The molecule has 2 aromatic carbocycles. The van der Waals surface area contributed by atoms with E-state index in [1.165, 1.54) is 11.3 Å². The molecule has 7 nitrogen and oxygen atoms in total. The molecule has 2 aromatic heterocycles. The lowest BCUT2D eigenvalue weighted by atomic mass is 9.95. The van der Waals surface area contributed by atoms with Crippen LogP contribution in [0.5, 0.6) is 5.75 Å². The molecular weight excluding hydrogens is 610 g/mol. The van der Waals surface area contributed by atoms with Gasteiger partial charge < -0.3 is 14.5 Å². The van der Waals surface area contributed by atoms with Gasteiger partial charge >= 0.3 is 0 Å². The van der Waals surface area contributed by atoms with Gasteiger partial charge in [0.1, 0.15) is 11.5 Å². The summed E-state index contributed by atoms with van der Waals surface area (Å²) in [6.07, 6.45) is 1.67. The number of allylic oxidation sites excluding steroid dienone is 1. The Morgan fingerprint density at radius 3 is 2.53 bits per heavy atom. The van der Waals surface area contributed by atoms with Gasteiger partial charge in [-0.2, -0.15) is 0 Å². The minimum Gasteiger partial charge on any atom is -0.497 e. The van der Waals surface area contributed by atoms with Crippen molar-refractivity contribution < 1.29 is 13.9 Å². The standard InChI is InChI=1S/C26H19Br2N3O4S/c1-14-21(24(32)30-16-6-4-3-5-7-16)22(15-8-10-17(34-2)11-9-15)31-25(33)20(36-26(31)29-14)13-18-12-19(27)23(28)35-18/h3-13,22H,1-2H3,(H,30,32)/t22-/m1/s1. The van der Waals surface area contributed by atoms with Crippen molar-refractivity contribution in [2.45, 2.75) is 13.0 Å². The molecule has 36 heavy (non-hydrogen) atoms. The average Bonchev–Trinajstić information content (AvgIpc) is 3.35. The number of hydrogen-bond acceptors (Lipinski definition) is 6. The van der Waals surface area contributed by atoms with Gasteiger partial charge in [-0.15, -0.1) is 0 Å². The molecule has 0 saturated heterocycles. The fraction of sp³-hybridized carbons (Fsp3) is 0.115. The Morgan fingerprint density at radius 1 is 1.17 bits per heavy atom. The van der Waals surface area contributed by atoms with Gasteiger partial charge in [-0.05, 0) is 74.7 Å². The van der Waals surface area contributed by atoms with E-state index in [0.717, 1.165) is 10.0 Å². The van der Waals surface area contributed by atoms with E-state index >= 15 is 0 Å². The molecule has 0 fully saturated rings. The van der Waals surface area contributed by atoms with Crippen LogP contribution in [0.3, 0.4) is 0 Å². The van der Waals surface area contributed by atoms with Crippen molar-refractivity contribution in [3.05, 3.63) is 112 Å². The second-order valence-corrected chi connectivity index (χ2v) is 10.5. The van der Waals surface area contributed by atoms with Crippen molar-refractivity contribution in [2.75, 3.05) is 12.4 Å². The molecule has 10 heteroatoms. The Kier molecular flexibility index (Phi) is 6.83. The van der Waals surface area contributed by atoms with E-state index in [-0.39, 0.29) is 11.5 Å². The summed E-state index contributed by atoms with van der Waals surface area (Å²) in [5.74, 6) is 0.866. The van der Waals surface area contributed by atoms with Crippen LogP contribution in [-0.2, 0) is 4.79 Å². The molecule has 1 atom stereocenters. The zero-order chi connectivity index (χ0) is 25.4. The number of aromatic nitrogens is 1. The number of hydrogen-bond donors (Lipinski definition) is 1. The lowest BCUT2D eigenvalue weighted by molar-refractivity contribution is -0.113. The Balaban J connectivity index is 1.67. The van der Waals surface area contributed by atoms with E-state index in [0.29, 0.717) is 42.5 Å². The molecule has 4 aromatic rings. The summed E-state index contributed by atoms with van der Waals surface area (Å²) in [6, 6.07) is 17.6.